The number of nitrogens with one attached hydrogen (secondary N) is 1. The van der Waals surface area contributed by atoms with Crippen molar-refractivity contribution in [1.82, 2.24) is 5.32 Å². The van der Waals surface area contributed by atoms with Crippen molar-refractivity contribution in [1.29, 1.82) is 0 Å². The molecule has 0 rings (SSSR count). The number of hydrogen-bond acceptors (Lipinski definition) is 3. The molecular weight excluding hydrogens is 142 g/mol. The van der Waals surface area contributed by atoms with Gasteiger partial charge in [0.1, 0.15) is 0 Å². The first-order valence-corrected chi connectivity index (χ1v) is 3.95. The Bertz CT molecular complexity index is 67.0. The van der Waals surface area contributed by atoms with E-state index in [1.807, 2.05) is 7.05 Å². The number of rotatable bonds is 2. The summed E-state index contributed by atoms with van der Waals surface area (Å²) < 4.78 is 0. The maximum atomic E-state index is 7.90. The fraction of sp³-hybridized carbons (Fsp3) is 1.00. The van der Waals surface area contributed by atoms with Crippen LogP contribution in [0.4, 0.5) is 0 Å². The summed E-state index contributed by atoms with van der Waals surface area (Å²) in [6.45, 7) is 8.60. The monoisotopic (exact) mass is 163 g/mol. The molecule has 0 fully saturated rings. The van der Waals surface area contributed by atoms with Crippen molar-refractivity contribution >= 4 is 0 Å². The van der Waals surface area contributed by atoms with Crippen LogP contribution in [0.1, 0.15) is 34.1 Å². The molecule has 0 aliphatic rings. The van der Waals surface area contributed by atoms with Crippen LogP contribution >= 0.6 is 0 Å². The van der Waals surface area contributed by atoms with E-state index in [9.17, 15) is 0 Å². The highest BCUT2D eigenvalue weighted by atomic mass is 17.1. The summed E-state index contributed by atoms with van der Waals surface area (Å²) in [6.07, 6.45) is 1.23. The Labute approximate surface area is 69.7 Å². The maximum absolute atomic E-state index is 7.90. The van der Waals surface area contributed by atoms with Gasteiger partial charge in [-0.25, -0.2) is 4.89 Å². The Hall–Kier alpha value is -0.120. The second kappa shape index (κ2) is 7.98. The van der Waals surface area contributed by atoms with E-state index in [2.05, 4.69) is 17.1 Å². The van der Waals surface area contributed by atoms with Gasteiger partial charge in [-0.05, 0) is 40.8 Å². The van der Waals surface area contributed by atoms with Crippen LogP contribution < -0.4 is 5.32 Å². The molecule has 0 unspecified atom stereocenters. The zero-order valence-corrected chi connectivity index (χ0v) is 8.27. The summed E-state index contributed by atoms with van der Waals surface area (Å²) >= 11 is 0. The van der Waals surface area contributed by atoms with Crippen LogP contribution in [0.15, 0.2) is 0 Å². The van der Waals surface area contributed by atoms with Crippen molar-refractivity contribution in [2.24, 2.45) is 0 Å². The smallest absolute Gasteiger partial charge is 0.0949 e. The lowest BCUT2D eigenvalue weighted by Crippen LogP contribution is -2.15. The highest BCUT2D eigenvalue weighted by Crippen LogP contribution is 2.01. The second-order valence-electron chi connectivity index (χ2n) is 3.31. The minimum Gasteiger partial charge on any atom is -0.320 e. The lowest BCUT2D eigenvalue weighted by molar-refractivity contribution is -0.306. The number of hydrogen-bond donors (Lipinski definition) is 2. The average Bonchev–Trinajstić information content (AvgIpc) is 1.90. The molecule has 0 aromatic carbocycles. The molecule has 2 N–H and O–H groups in total. The fourth-order valence-corrected chi connectivity index (χ4v) is 0.250. The van der Waals surface area contributed by atoms with Gasteiger partial charge in [-0.15, -0.1) is 0 Å². The molecule has 0 atom stereocenters. The van der Waals surface area contributed by atoms with Gasteiger partial charge in [0.25, 0.3) is 0 Å². The van der Waals surface area contributed by atoms with Gasteiger partial charge >= 0.3 is 0 Å². The van der Waals surface area contributed by atoms with Crippen LogP contribution in [-0.4, -0.2) is 24.5 Å². The summed E-state index contributed by atoms with van der Waals surface area (Å²) in [4.78, 5) is 3.94. The molecule has 0 aliphatic carbocycles. The molecule has 0 aromatic heterocycles. The third-order valence-electron chi connectivity index (χ3n) is 0.774. The van der Waals surface area contributed by atoms with Gasteiger partial charge < -0.3 is 5.32 Å². The van der Waals surface area contributed by atoms with E-state index in [-0.39, 0.29) is 0 Å². The largest absolute Gasteiger partial charge is 0.320 e. The van der Waals surface area contributed by atoms with Gasteiger partial charge in [0.05, 0.1) is 5.60 Å². The summed E-state index contributed by atoms with van der Waals surface area (Å²) in [6, 6.07) is 0. The van der Waals surface area contributed by atoms with Crippen molar-refractivity contribution in [2.45, 2.75) is 39.7 Å². The molecule has 0 bridgehead atoms. The molecular formula is C8H21NO2. The molecule has 0 heterocycles. The lowest BCUT2D eigenvalue weighted by atomic mass is 10.2. The van der Waals surface area contributed by atoms with Crippen LogP contribution in [0.2, 0.25) is 0 Å². The predicted molar refractivity (Wildman–Crippen MR) is 47.7 cm³/mol. The Kier molecular flexibility index (Phi) is 9.77. The van der Waals surface area contributed by atoms with Crippen molar-refractivity contribution in [2.75, 3.05) is 13.6 Å². The minimum atomic E-state index is -0.403. The molecule has 3 nitrogen and oxygen atoms in total. The third-order valence-corrected chi connectivity index (χ3v) is 0.774. The van der Waals surface area contributed by atoms with E-state index in [1.54, 1.807) is 20.8 Å². The first kappa shape index (κ1) is 13.5. The van der Waals surface area contributed by atoms with E-state index in [0.29, 0.717) is 0 Å². The zero-order valence-electron chi connectivity index (χ0n) is 8.27. The summed E-state index contributed by atoms with van der Waals surface area (Å²) in [5.41, 5.74) is -0.403. The van der Waals surface area contributed by atoms with E-state index in [0.717, 1.165) is 6.54 Å². The third kappa shape index (κ3) is 25.8. The van der Waals surface area contributed by atoms with Crippen molar-refractivity contribution in [3.63, 3.8) is 0 Å². The summed E-state index contributed by atoms with van der Waals surface area (Å²) in [5.74, 6) is 0. The van der Waals surface area contributed by atoms with Gasteiger partial charge in [0, 0.05) is 0 Å². The van der Waals surface area contributed by atoms with Gasteiger partial charge in [0.15, 0.2) is 0 Å². The van der Waals surface area contributed by atoms with Gasteiger partial charge in [0.2, 0.25) is 0 Å². The van der Waals surface area contributed by atoms with Crippen LogP contribution in [0.3, 0.4) is 0 Å². The van der Waals surface area contributed by atoms with E-state index in [1.165, 1.54) is 6.42 Å². The topological polar surface area (TPSA) is 41.5 Å². The highest BCUT2D eigenvalue weighted by Gasteiger charge is 2.06. The first-order valence-electron chi connectivity index (χ1n) is 3.95. The van der Waals surface area contributed by atoms with Crippen molar-refractivity contribution in [3.8, 4) is 0 Å². The Balaban J connectivity index is 0. The van der Waals surface area contributed by atoms with Gasteiger partial charge in [-0.3, -0.25) is 5.26 Å². The molecule has 0 saturated carbocycles. The fourth-order valence-electron chi connectivity index (χ4n) is 0.250. The zero-order chi connectivity index (χ0) is 9.33. The molecule has 70 valence electrons. The average molecular weight is 163 g/mol. The van der Waals surface area contributed by atoms with E-state index < -0.39 is 5.60 Å². The molecule has 0 amide bonds. The minimum absolute atomic E-state index is 0.403. The van der Waals surface area contributed by atoms with Crippen molar-refractivity contribution in [3.05, 3.63) is 0 Å². The molecule has 0 radical (unpaired) electrons. The summed E-state index contributed by atoms with van der Waals surface area (Å²) in [7, 11) is 1.96. The van der Waals surface area contributed by atoms with Crippen molar-refractivity contribution < 1.29 is 10.1 Å². The van der Waals surface area contributed by atoms with E-state index >= 15 is 0 Å². The second-order valence-corrected chi connectivity index (χ2v) is 3.31. The molecule has 3 heteroatoms. The maximum Gasteiger partial charge on any atom is 0.0949 e. The lowest BCUT2D eigenvalue weighted by Gasteiger charge is -2.10. The van der Waals surface area contributed by atoms with E-state index in [4.69, 9.17) is 5.26 Å². The first-order chi connectivity index (χ1) is 4.97. The van der Waals surface area contributed by atoms with Gasteiger partial charge in [-0.2, -0.15) is 0 Å². The molecule has 0 spiro atoms. The standard InChI is InChI=1S/C4H11N.C4H10O2/c1-3-4-5-2;1-4(2,3)6-5/h5H,3-4H2,1-2H3;5H,1-3H3. The van der Waals surface area contributed by atoms with Gasteiger partial charge in [-0.1, -0.05) is 6.92 Å². The van der Waals surface area contributed by atoms with Crippen LogP contribution in [0.25, 0.3) is 0 Å². The molecule has 0 aromatic rings. The quantitative estimate of drug-likeness (QED) is 0.482. The normalized spacial score (nSPS) is 10.4. The van der Waals surface area contributed by atoms with Crippen LogP contribution in [-0.2, 0) is 4.89 Å². The Morgan fingerprint density at radius 3 is 1.73 bits per heavy atom. The van der Waals surface area contributed by atoms with Crippen LogP contribution in [0.5, 0.6) is 0 Å². The summed E-state index contributed by atoms with van der Waals surface area (Å²) in [5, 5.41) is 10.9. The Morgan fingerprint density at radius 1 is 1.36 bits per heavy atom. The SMILES string of the molecule is CC(C)(C)OO.CCCNC. The molecule has 11 heavy (non-hydrogen) atoms. The Morgan fingerprint density at radius 2 is 1.73 bits per heavy atom. The highest BCUT2D eigenvalue weighted by molar-refractivity contribution is 4.53. The molecule has 0 aliphatic heterocycles. The molecule has 0 saturated heterocycles. The van der Waals surface area contributed by atoms with Crippen LogP contribution in [0, 0.1) is 0 Å². The predicted octanol–water partition coefficient (Wildman–Crippen LogP) is 1.89.